The number of aromatic nitrogens is 2. The van der Waals surface area contributed by atoms with Gasteiger partial charge in [0, 0.05) is 12.6 Å². The van der Waals surface area contributed by atoms with E-state index in [4.69, 9.17) is 14.6 Å². The van der Waals surface area contributed by atoms with Gasteiger partial charge >= 0.3 is 5.69 Å². The van der Waals surface area contributed by atoms with E-state index in [0.29, 0.717) is 18.6 Å². The molecule has 0 saturated carbocycles. The molecule has 0 amide bonds. The first-order valence-electron chi connectivity index (χ1n) is 8.49. The van der Waals surface area contributed by atoms with Gasteiger partial charge < -0.3 is 19.7 Å². The van der Waals surface area contributed by atoms with Crippen molar-refractivity contribution < 1.29 is 19.7 Å². The average molecular weight is 362 g/mol. The molecular weight excluding hydrogens is 340 g/mol. The quantitative estimate of drug-likeness (QED) is 0.595. The first kappa shape index (κ1) is 18.5. The van der Waals surface area contributed by atoms with Crippen molar-refractivity contribution in [1.82, 2.24) is 9.55 Å². The fourth-order valence-corrected chi connectivity index (χ4v) is 2.91. The summed E-state index contributed by atoms with van der Waals surface area (Å²) in [7, 11) is 0. The molecule has 0 bridgehead atoms. The lowest BCUT2D eigenvalue weighted by molar-refractivity contribution is -0.0461. The Hall–Kier alpha value is -2.26. The minimum absolute atomic E-state index is 0.0567. The van der Waals surface area contributed by atoms with Crippen LogP contribution in [0.5, 0.6) is 0 Å². The van der Waals surface area contributed by atoms with Crippen molar-refractivity contribution in [3.05, 3.63) is 68.5 Å². The first-order valence-corrected chi connectivity index (χ1v) is 8.49. The van der Waals surface area contributed by atoms with E-state index in [9.17, 15) is 14.7 Å². The second-order valence-electron chi connectivity index (χ2n) is 6.22. The molecule has 8 heteroatoms. The van der Waals surface area contributed by atoms with E-state index in [2.05, 4.69) is 4.98 Å². The van der Waals surface area contributed by atoms with E-state index in [1.807, 2.05) is 30.3 Å². The maximum absolute atomic E-state index is 12.0. The average Bonchev–Trinajstić information content (AvgIpc) is 3.01. The monoisotopic (exact) mass is 362 g/mol. The van der Waals surface area contributed by atoms with Crippen molar-refractivity contribution in [1.29, 1.82) is 0 Å². The molecule has 3 rings (SSSR count). The Morgan fingerprint density at radius 3 is 2.73 bits per heavy atom. The smallest absolute Gasteiger partial charge is 0.330 e. The van der Waals surface area contributed by atoms with Crippen LogP contribution in [-0.2, 0) is 22.5 Å². The number of hydrogen-bond donors (Lipinski definition) is 3. The van der Waals surface area contributed by atoms with Crippen LogP contribution in [0.15, 0.2) is 46.1 Å². The summed E-state index contributed by atoms with van der Waals surface area (Å²) in [5.41, 5.74) is 0.292. The topological polar surface area (TPSA) is 114 Å². The zero-order chi connectivity index (χ0) is 18.5. The largest absolute Gasteiger partial charge is 0.394 e. The summed E-state index contributed by atoms with van der Waals surface area (Å²) in [4.78, 5) is 26.3. The predicted octanol–water partition coefficient (Wildman–Crippen LogP) is -0.0634. The summed E-state index contributed by atoms with van der Waals surface area (Å²) < 4.78 is 12.2. The molecule has 2 aromatic rings. The number of aromatic amines is 1. The lowest BCUT2D eigenvalue weighted by Crippen LogP contribution is -2.34. The molecular formula is C18H22N2O6. The van der Waals surface area contributed by atoms with E-state index in [0.717, 1.165) is 5.56 Å². The molecule has 0 radical (unpaired) electrons. The molecule has 1 aliphatic heterocycles. The van der Waals surface area contributed by atoms with Gasteiger partial charge in [-0.3, -0.25) is 14.3 Å². The number of H-pyrrole nitrogens is 1. The molecule has 0 unspecified atom stereocenters. The van der Waals surface area contributed by atoms with E-state index >= 15 is 0 Å². The van der Waals surface area contributed by atoms with Gasteiger partial charge in [0.2, 0.25) is 0 Å². The minimum atomic E-state index is -0.866. The van der Waals surface area contributed by atoms with Crippen LogP contribution in [0.1, 0.15) is 23.8 Å². The summed E-state index contributed by atoms with van der Waals surface area (Å²) in [6, 6.07) is 9.83. The van der Waals surface area contributed by atoms with Crippen LogP contribution in [-0.4, -0.2) is 45.2 Å². The van der Waals surface area contributed by atoms with Gasteiger partial charge in [-0.2, -0.15) is 0 Å². The first-order chi connectivity index (χ1) is 12.6. The molecule has 1 fully saturated rings. The van der Waals surface area contributed by atoms with Crippen molar-refractivity contribution in [3.8, 4) is 0 Å². The van der Waals surface area contributed by atoms with Crippen LogP contribution in [0, 0.1) is 0 Å². The van der Waals surface area contributed by atoms with Crippen molar-refractivity contribution in [3.63, 3.8) is 0 Å². The third kappa shape index (κ3) is 4.28. The Bertz CT molecular complexity index is 832. The second kappa shape index (κ2) is 8.41. The molecule has 3 atom stereocenters. The normalized spacial score (nSPS) is 22.6. The van der Waals surface area contributed by atoms with E-state index in [-0.39, 0.29) is 19.6 Å². The summed E-state index contributed by atoms with van der Waals surface area (Å²) in [5, 5.41) is 19.0. The van der Waals surface area contributed by atoms with Gasteiger partial charge in [-0.1, -0.05) is 30.3 Å². The molecule has 1 aromatic carbocycles. The number of rotatable bonds is 7. The predicted molar refractivity (Wildman–Crippen MR) is 92.7 cm³/mol. The van der Waals surface area contributed by atoms with Gasteiger partial charge in [0.15, 0.2) is 0 Å². The highest BCUT2D eigenvalue weighted by Crippen LogP contribution is 2.27. The van der Waals surface area contributed by atoms with Crippen LogP contribution in [0.25, 0.3) is 0 Å². The summed E-state index contributed by atoms with van der Waals surface area (Å²) in [6.07, 6.45) is -0.0887. The fraction of sp³-hybridized carbons (Fsp3) is 0.444. The van der Waals surface area contributed by atoms with Gasteiger partial charge in [0.25, 0.3) is 5.56 Å². The number of ether oxygens (including phenoxy) is 2. The number of aliphatic hydroxyl groups excluding tert-OH is 2. The zero-order valence-electron chi connectivity index (χ0n) is 14.2. The van der Waals surface area contributed by atoms with E-state index in [1.54, 1.807) is 0 Å². The Morgan fingerprint density at radius 2 is 2.04 bits per heavy atom. The molecule has 2 heterocycles. The highest BCUT2D eigenvalue weighted by molar-refractivity contribution is 5.14. The highest BCUT2D eigenvalue weighted by atomic mass is 16.5. The Labute approximate surface area is 149 Å². The molecule has 1 aliphatic rings. The maximum atomic E-state index is 12.0. The SMILES string of the molecule is O=c1[nH]c(=O)n([C@H]2C[C@@H](O)[C@@H](CO)O2)cc1COCCc1ccccc1. The zero-order valence-corrected chi connectivity index (χ0v) is 14.2. The van der Waals surface area contributed by atoms with Gasteiger partial charge in [-0.15, -0.1) is 0 Å². The van der Waals surface area contributed by atoms with Gasteiger partial charge in [0.1, 0.15) is 12.3 Å². The van der Waals surface area contributed by atoms with Gasteiger partial charge in [-0.25, -0.2) is 4.79 Å². The van der Waals surface area contributed by atoms with Gasteiger partial charge in [0.05, 0.1) is 31.5 Å². The molecule has 140 valence electrons. The van der Waals surface area contributed by atoms with Crippen LogP contribution < -0.4 is 11.2 Å². The fourth-order valence-electron chi connectivity index (χ4n) is 2.91. The third-order valence-electron chi connectivity index (χ3n) is 4.37. The molecule has 1 aromatic heterocycles. The maximum Gasteiger partial charge on any atom is 0.330 e. The lowest BCUT2D eigenvalue weighted by atomic mass is 10.2. The minimum Gasteiger partial charge on any atom is -0.394 e. The Balaban J connectivity index is 1.64. The van der Waals surface area contributed by atoms with Crippen molar-refractivity contribution in [2.45, 2.75) is 37.9 Å². The van der Waals surface area contributed by atoms with Crippen molar-refractivity contribution in [2.24, 2.45) is 0 Å². The van der Waals surface area contributed by atoms with Crippen molar-refractivity contribution >= 4 is 0 Å². The molecule has 8 nitrogen and oxygen atoms in total. The van der Waals surface area contributed by atoms with E-state index < -0.39 is 29.7 Å². The van der Waals surface area contributed by atoms with Gasteiger partial charge in [-0.05, 0) is 12.0 Å². The molecule has 26 heavy (non-hydrogen) atoms. The lowest BCUT2D eigenvalue weighted by Gasteiger charge is -2.15. The number of nitrogens with zero attached hydrogens (tertiary/aromatic N) is 1. The number of hydrogen-bond acceptors (Lipinski definition) is 6. The Kier molecular flexibility index (Phi) is 6.00. The Morgan fingerprint density at radius 1 is 1.27 bits per heavy atom. The van der Waals surface area contributed by atoms with Crippen LogP contribution >= 0.6 is 0 Å². The number of aliphatic hydroxyl groups is 2. The summed E-state index contributed by atoms with van der Waals surface area (Å²) in [6.45, 7) is 0.153. The molecule has 3 N–H and O–H groups in total. The van der Waals surface area contributed by atoms with E-state index in [1.165, 1.54) is 10.8 Å². The number of nitrogens with one attached hydrogen (secondary N) is 1. The summed E-state index contributed by atoms with van der Waals surface area (Å²) in [5.74, 6) is 0. The van der Waals surface area contributed by atoms with Crippen LogP contribution in [0.3, 0.4) is 0 Å². The number of benzene rings is 1. The van der Waals surface area contributed by atoms with Crippen LogP contribution in [0.2, 0.25) is 0 Å². The van der Waals surface area contributed by atoms with Crippen molar-refractivity contribution in [2.75, 3.05) is 13.2 Å². The second-order valence-corrected chi connectivity index (χ2v) is 6.22. The third-order valence-corrected chi connectivity index (χ3v) is 4.37. The molecule has 1 saturated heterocycles. The summed E-state index contributed by atoms with van der Waals surface area (Å²) >= 11 is 0. The highest BCUT2D eigenvalue weighted by Gasteiger charge is 2.35. The molecule has 0 aliphatic carbocycles. The molecule has 0 spiro atoms. The standard InChI is InChI=1S/C18H22N2O6/c21-10-15-14(22)8-16(26-15)20-9-13(17(23)19-18(20)24)11-25-7-6-12-4-2-1-3-5-12/h1-5,9,14-16,21-22H,6-8,10-11H2,(H,19,23,24)/t14-,15-,16-/m1/s1. The van der Waals surface area contributed by atoms with Crippen LogP contribution in [0.4, 0.5) is 0 Å².